The molecule has 0 saturated heterocycles. The van der Waals surface area contributed by atoms with Crippen LogP contribution in [0.1, 0.15) is 42.2 Å². The van der Waals surface area contributed by atoms with Crippen molar-refractivity contribution in [2.75, 3.05) is 16.1 Å². The first-order valence-corrected chi connectivity index (χ1v) is 8.96. The molecule has 1 aromatic heterocycles. The number of amides is 2. The molecule has 0 fully saturated rings. The molecule has 3 rings (SSSR count). The van der Waals surface area contributed by atoms with Gasteiger partial charge in [0.25, 0.3) is 5.91 Å². The van der Waals surface area contributed by atoms with Gasteiger partial charge in [0, 0.05) is 17.3 Å². The zero-order valence-corrected chi connectivity index (χ0v) is 15.8. The zero-order valence-electron chi connectivity index (χ0n) is 15.0. The Balaban J connectivity index is 2.05. The van der Waals surface area contributed by atoms with Crippen molar-refractivity contribution in [3.05, 3.63) is 35.7 Å². The molecular weight excluding hydrogens is 399 g/mol. The van der Waals surface area contributed by atoms with Crippen LogP contribution in [0.2, 0.25) is 0 Å². The van der Waals surface area contributed by atoms with E-state index in [1.54, 1.807) is 11.6 Å². The number of anilines is 2. The molecule has 0 unspecified atom stereocenters. The smallest absolute Gasteiger partial charge is 0.325 e. The molecule has 1 N–H and O–H groups in total. The van der Waals surface area contributed by atoms with Gasteiger partial charge in [0.2, 0.25) is 11.9 Å². The lowest BCUT2D eigenvalue weighted by Gasteiger charge is -2.35. The van der Waals surface area contributed by atoms with Gasteiger partial charge in [-0.1, -0.05) is 0 Å². The molecule has 0 saturated carbocycles. The number of halogens is 4. The third-order valence-corrected chi connectivity index (χ3v) is 4.68. The first kappa shape index (κ1) is 20.1. The fourth-order valence-electron chi connectivity index (χ4n) is 3.23. The highest BCUT2D eigenvalue weighted by molar-refractivity contribution is 6.29. The Morgan fingerprint density at radius 2 is 1.96 bits per heavy atom. The SMILES string of the molecule is C[C@@H]1C[C@H](C)n2ncnc2N1C(=O)c1cc(NC(=O)CCl)cc(C(F)(F)F)c1. The van der Waals surface area contributed by atoms with Crippen molar-refractivity contribution in [3.63, 3.8) is 0 Å². The van der Waals surface area contributed by atoms with E-state index in [0.717, 1.165) is 12.1 Å². The summed E-state index contributed by atoms with van der Waals surface area (Å²) in [5, 5.41) is 6.34. The number of carbonyl (C=O) groups excluding carboxylic acids is 2. The Hall–Kier alpha value is -2.62. The first-order chi connectivity index (χ1) is 13.1. The van der Waals surface area contributed by atoms with E-state index in [0.29, 0.717) is 6.42 Å². The monoisotopic (exact) mass is 415 g/mol. The summed E-state index contributed by atoms with van der Waals surface area (Å²) in [7, 11) is 0. The van der Waals surface area contributed by atoms with E-state index >= 15 is 0 Å². The van der Waals surface area contributed by atoms with Gasteiger partial charge in [0.05, 0.1) is 11.6 Å². The maximum atomic E-state index is 13.3. The van der Waals surface area contributed by atoms with Crippen molar-refractivity contribution < 1.29 is 22.8 Å². The van der Waals surface area contributed by atoms with Gasteiger partial charge in [-0.2, -0.15) is 23.3 Å². The van der Waals surface area contributed by atoms with Crippen molar-refractivity contribution in [2.45, 2.75) is 38.5 Å². The number of aromatic nitrogens is 3. The third kappa shape index (κ3) is 3.82. The summed E-state index contributed by atoms with van der Waals surface area (Å²) in [5.74, 6) is -1.51. The quantitative estimate of drug-likeness (QED) is 0.778. The van der Waals surface area contributed by atoms with E-state index in [2.05, 4.69) is 15.4 Å². The lowest BCUT2D eigenvalue weighted by molar-refractivity contribution is -0.137. The van der Waals surface area contributed by atoms with Crippen LogP contribution in [0.5, 0.6) is 0 Å². The molecule has 1 aliphatic rings. The number of hydrogen-bond donors (Lipinski definition) is 1. The highest BCUT2D eigenvalue weighted by Crippen LogP contribution is 2.34. The number of nitrogens with zero attached hydrogens (tertiary/aromatic N) is 4. The lowest BCUT2D eigenvalue weighted by atomic mass is 10.0. The van der Waals surface area contributed by atoms with Crippen LogP contribution < -0.4 is 10.2 Å². The second-order valence-electron chi connectivity index (χ2n) is 6.59. The van der Waals surface area contributed by atoms with Crippen molar-refractivity contribution in [2.24, 2.45) is 0 Å². The lowest BCUT2D eigenvalue weighted by Crippen LogP contribution is -2.45. The molecule has 0 radical (unpaired) electrons. The molecular formula is C17H17ClF3N5O2. The molecule has 1 aliphatic heterocycles. The van der Waals surface area contributed by atoms with Crippen molar-refractivity contribution in [1.82, 2.24) is 14.8 Å². The number of carbonyl (C=O) groups is 2. The number of hydrogen-bond acceptors (Lipinski definition) is 4. The van der Waals surface area contributed by atoms with E-state index in [1.165, 1.54) is 17.3 Å². The van der Waals surface area contributed by atoms with Gasteiger partial charge in [-0.05, 0) is 38.5 Å². The Morgan fingerprint density at radius 3 is 2.61 bits per heavy atom. The van der Waals surface area contributed by atoms with E-state index < -0.39 is 29.4 Å². The van der Waals surface area contributed by atoms with E-state index in [-0.39, 0.29) is 29.3 Å². The Kier molecular flexibility index (Phi) is 5.33. The number of nitrogens with one attached hydrogen (secondary N) is 1. The average Bonchev–Trinajstić information content (AvgIpc) is 3.10. The van der Waals surface area contributed by atoms with Gasteiger partial charge in [0.1, 0.15) is 12.2 Å². The van der Waals surface area contributed by atoms with Gasteiger partial charge in [0.15, 0.2) is 0 Å². The summed E-state index contributed by atoms with van der Waals surface area (Å²) in [6.45, 7) is 3.71. The summed E-state index contributed by atoms with van der Waals surface area (Å²) in [4.78, 5) is 30.0. The maximum absolute atomic E-state index is 13.3. The molecule has 150 valence electrons. The van der Waals surface area contributed by atoms with E-state index in [4.69, 9.17) is 11.6 Å². The van der Waals surface area contributed by atoms with Crippen LogP contribution in [0.4, 0.5) is 24.8 Å². The molecule has 2 heterocycles. The molecule has 2 atom stereocenters. The summed E-state index contributed by atoms with van der Waals surface area (Å²) >= 11 is 5.40. The van der Waals surface area contributed by atoms with Gasteiger partial charge < -0.3 is 5.32 Å². The fourth-order valence-corrected chi connectivity index (χ4v) is 3.30. The molecule has 1 aromatic carbocycles. The van der Waals surface area contributed by atoms with Crippen LogP contribution >= 0.6 is 11.6 Å². The summed E-state index contributed by atoms with van der Waals surface area (Å²) in [5.41, 5.74) is -1.44. The minimum Gasteiger partial charge on any atom is -0.325 e. The van der Waals surface area contributed by atoms with Gasteiger partial charge in [-0.25, -0.2) is 4.68 Å². The highest BCUT2D eigenvalue weighted by Gasteiger charge is 2.36. The summed E-state index contributed by atoms with van der Waals surface area (Å²) in [6.07, 6.45) is -2.84. The Morgan fingerprint density at radius 1 is 1.25 bits per heavy atom. The van der Waals surface area contributed by atoms with Gasteiger partial charge in [-0.15, -0.1) is 11.6 Å². The average molecular weight is 416 g/mol. The number of rotatable bonds is 3. The Bertz CT molecular complexity index is 914. The van der Waals surface area contributed by atoms with Crippen molar-refractivity contribution in [1.29, 1.82) is 0 Å². The van der Waals surface area contributed by atoms with Crippen LogP contribution in [0, 0.1) is 0 Å². The van der Waals surface area contributed by atoms with Gasteiger partial charge in [-0.3, -0.25) is 14.5 Å². The number of benzene rings is 1. The van der Waals surface area contributed by atoms with Crippen molar-refractivity contribution in [3.8, 4) is 0 Å². The van der Waals surface area contributed by atoms with Crippen LogP contribution in [0.25, 0.3) is 0 Å². The first-order valence-electron chi connectivity index (χ1n) is 8.43. The normalized spacial score (nSPS) is 19.3. The standard InChI is InChI=1S/C17H17ClF3N5O2/c1-9-3-10(2)26-16(22-8-23-26)25(9)15(28)11-4-12(17(19,20)21)6-13(5-11)24-14(27)7-18/h4-6,8-10H,3,7H2,1-2H3,(H,24,27)/t9-,10+/m1/s1. The molecule has 2 aromatic rings. The van der Waals surface area contributed by atoms with Crippen LogP contribution in [-0.2, 0) is 11.0 Å². The number of alkyl halides is 4. The molecule has 0 bridgehead atoms. The summed E-state index contributed by atoms with van der Waals surface area (Å²) < 4.78 is 41.5. The second-order valence-corrected chi connectivity index (χ2v) is 6.86. The molecule has 28 heavy (non-hydrogen) atoms. The molecule has 2 amide bonds. The number of fused-ring (bicyclic) bond motifs is 1. The topological polar surface area (TPSA) is 80.1 Å². The summed E-state index contributed by atoms with van der Waals surface area (Å²) in [6, 6.07) is 2.40. The molecule has 0 spiro atoms. The largest absolute Gasteiger partial charge is 0.416 e. The van der Waals surface area contributed by atoms with E-state index in [9.17, 15) is 22.8 Å². The highest BCUT2D eigenvalue weighted by atomic mass is 35.5. The van der Waals surface area contributed by atoms with Gasteiger partial charge >= 0.3 is 6.18 Å². The Labute approximate surface area is 163 Å². The predicted octanol–water partition coefficient (Wildman–Crippen LogP) is 3.47. The minimum absolute atomic E-state index is 0.00312. The molecule has 11 heteroatoms. The van der Waals surface area contributed by atoms with Crippen LogP contribution in [0.15, 0.2) is 24.5 Å². The predicted molar refractivity (Wildman–Crippen MR) is 96.4 cm³/mol. The maximum Gasteiger partial charge on any atom is 0.416 e. The van der Waals surface area contributed by atoms with Crippen LogP contribution in [0.3, 0.4) is 0 Å². The fraction of sp³-hybridized carbons (Fsp3) is 0.412. The molecule has 7 nitrogen and oxygen atoms in total. The second kappa shape index (κ2) is 7.42. The van der Waals surface area contributed by atoms with Crippen molar-refractivity contribution >= 4 is 35.1 Å². The molecule has 0 aliphatic carbocycles. The van der Waals surface area contributed by atoms with E-state index in [1.807, 2.05) is 6.92 Å². The third-order valence-electron chi connectivity index (χ3n) is 4.44. The zero-order chi connectivity index (χ0) is 20.6. The van der Waals surface area contributed by atoms with Crippen LogP contribution in [-0.4, -0.2) is 38.5 Å². The minimum atomic E-state index is -4.70.